The fourth-order valence-corrected chi connectivity index (χ4v) is 2.12. The molecule has 1 rings (SSSR count). The summed E-state index contributed by atoms with van der Waals surface area (Å²) in [4.78, 5) is 11.0. The summed E-state index contributed by atoms with van der Waals surface area (Å²) >= 11 is 0. The van der Waals surface area contributed by atoms with E-state index in [1.54, 1.807) is 6.07 Å². The Labute approximate surface area is 112 Å². The van der Waals surface area contributed by atoms with E-state index in [0.717, 1.165) is 4.31 Å². The maximum atomic E-state index is 11.5. The molecule has 0 atom stereocenters. The van der Waals surface area contributed by atoms with E-state index in [1.807, 2.05) is 0 Å². The van der Waals surface area contributed by atoms with E-state index >= 15 is 0 Å². The molecule has 8 heteroatoms. The van der Waals surface area contributed by atoms with Crippen molar-refractivity contribution >= 4 is 27.4 Å². The van der Waals surface area contributed by atoms with E-state index in [-0.39, 0.29) is 17.9 Å². The van der Waals surface area contributed by atoms with E-state index in [9.17, 15) is 13.2 Å². The van der Waals surface area contributed by atoms with Crippen molar-refractivity contribution in [3.63, 3.8) is 0 Å². The molecule has 19 heavy (non-hydrogen) atoms. The summed E-state index contributed by atoms with van der Waals surface area (Å²) in [5, 5.41) is 11.8. The van der Waals surface area contributed by atoms with Gasteiger partial charge in [-0.3, -0.25) is 0 Å². The largest absolute Gasteiger partial charge is 0.478 e. The summed E-state index contributed by atoms with van der Waals surface area (Å²) < 4.78 is 24.2. The van der Waals surface area contributed by atoms with Crippen molar-refractivity contribution in [2.75, 3.05) is 37.4 Å². The van der Waals surface area contributed by atoms with Crippen LogP contribution in [-0.4, -0.2) is 50.2 Å². The number of benzene rings is 1. The number of nitrogens with one attached hydrogen (secondary N) is 1. The van der Waals surface area contributed by atoms with Gasteiger partial charge < -0.3 is 16.2 Å². The number of hydrogen-bond donors (Lipinski definition) is 3. The van der Waals surface area contributed by atoms with Crippen molar-refractivity contribution in [3.05, 3.63) is 23.8 Å². The zero-order valence-corrected chi connectivity index (χ0v) is 11.6. The van der Waals surface area contributed by atoms with Crippen LogP contribution < -0.4 is 11.1 Å². The third-order valence-corrected chi connectivity index (χ3v) is 4.34. The molecule has 7 nitrogen and oxygen atoms in total. The number of carbonyl (C=O) groups is 1. The molecule has 0 amide bonds. The Balaban J connectivity index is 2.77. The third kappa shape index (κ3) is 4.11. The minimum atomic E-state index is -3.31. The van der Waals surface area contributed by atoms with E-state index in [4.69, 9.17) is 10.8 Å². The molecule has 1 aromatic carbocycles. The number of aromatic carboxylic acids is 1. The normalized spacial score (nSPS) is 11.5. The van der Waals surface area contributed by atoms with Gasteiger partial charge in [0, 0.05) is 32.0 Å². The fourth-order valence-electron chi connectivity index (χ4n) is 1.39. The Hall–Kier alpha value is -1.80. The monoisotopic (exact) mass is 287 g/mol. The molecule has 1 aromatic rings. The highest BCUT2D eigenvalue weighted by Crippen LogP contribution is 2.18. The number of nitrogens with two attached hydrogens (primary N) is 1. The second kappa shape index (κ2) is 5.89. The summed E-state index contributed by atoms with van der Waals surface area (Å²) in [6, 6.07) is 4.39. The van der Waals surface area contributed by atoms with Gasteiger partial charge in [0.05, 0.1) is 11.3 Å². The lowest BCUT2D eigenvalue weighted by molar-refractivity contribution is 0.0698. The van der Waals surface area contributed by atoms with Gasteiger partial charge in [0.25, 0.3) is 0 Å². The molecule has 106 valence electrons. The number of hydrogen-bond acceptors (Lipinski definition) is 5. The summed E-state index contributed by atoms with van der Waals surface area (Å²) in [6.45, 7) is 0.116. The molecule has 0 aliphatic rings. The number of sulfonamides is 1. The van der Waals surface area contributed by atoms with Crippen LogP contribution in [0.5, 0.6) is 0 Å². The quantitative estimate of drug-likeness (QED) is 0.647. The maximum Gasteiger partial charge on any atom is 0.337 e. The van der Waals surface area contributed by atoms with Gasteiger partial charge in [-0.25, -0.2) is 17.5 Å². The highest BCUT2D eigenvalue weighted by molar-refractivity contribution is 7.89. The molecule has 4 N–H and O–H groups in total. The first-order chi connectivity index (χ1) is 8.74. The van der Waals surface area contributed by atoms with E-state index in [1.165, 1.54) is 26.2 Å². The topological polar surface area (TPSA) is 113 Å². The minimum absolute atomic E-state index is 0.0160. The first-order valence-corrected chi connectivity index (χ1v) is 7.12. The van der Waals surface area contributed by atoms with E-state index in [2.05, 4.69) is 5.32 Å². The third-order valence-electron chi connectivity index (χ3n) is 2.51. The SMILES string of the molecule is CN(C)S(=O)(=O)CCNc1ccc(N)cc1C(=O)O. The van der Waals surface area contributed by atoms with Crippen molar-refractivity contribution in [1.29, 1.82) is 0 Å². The lowest BCUT2D eigenvalue weighted by Crippen LogP contribution is -2.28. The zero-order valence-electron chi connectivity index (χ0n) is 10.8. The first-order valence-electron chi connectivity index (χ1n) is 5.51. The second-order valence-corrected chi connectivity index (χ2v) is 6.44. The van der Waals surface area contributed by atoms with Crippen molar-refractivity contribution in [3.8, 4) is 0 Å². The Morgan fingerprint density at radius 2 is 2.05 bits per heavy atom. The van der Waals surface area contributed by atoms with Crippen molar-refractivity contribution in [2.24, 2.45) is 0 Å². The number of nitrogen functional groups attached to an aromatic ring is 1. The van der Waals surface area contributed by atoms with Crippen LogP contribution in [0.2, 0.25) is 0 Å². The number of rotatable bonds is 6. The summed E-state index contributed by atoms with van der Waals surface area (Å²) in [5.74, 6) is -1.24. The van der Waals surface area contributed by atoms with E-state index < -0.39 is 16.0 Å². The predicted octanol–water partition coefficient (Wildman–Crippen LogP) is 0.270. The van der Waals surface area contributed by atoms with Gasteiger partial charge in [0.2, 0.25) is 10.0 Å². The number of carboxylic acid groups (broad SMARTS) is 1. The molecule has 0 saturated carbocycles. The maximum absolute atomic E-state index is 11.5. The summed E-state index contributed by atoms with van der Waals surface area (Å²) in [5.41, 5.74) is 6.21. The van der Waals surface area contributed by atoms with Gasteiger partial charge in [-0.05, 0) is 18.2 Å². The molecular weight excluding hydrogens is 270 g/mol. The van der Waals surface area contributed by atoms with Crippen molar-refractivity contribution in [1.82, 2.24) is 4.31 Å². The predicted molar refractivity (Wildman–Crippen MR) is 73.8 cm³/mol. The molecule has 0 bridgehead atoms. The Bertz CT molecular complexity index is 569. The molecule has 0 radical (unpaired) electrons. The number of carboxylic acids is 1. The number of anilines is 2. The van der Waals surface area contributed by atoms with Crippen molar-refractivity contribution < 1.29 is 18.3 Å². The average Bonchev–Trinajstić information content (AvgIpc) is 2.30. The standard InChI is InChI=1S/C11H17N3O4S/c1-14(2)19(17,18)6-5-13-10-4-3-8(12)7-9(10)11(15)16/h3-4,7,13H,5-6,12H2,1-2H3,(H,15,16). The van der Waals surface area contributed by atoms with E-state index in [0.29, 0.717) is 11.4 Å². The molecule has 0 saturated heterocycles. The molecular formula is C11H17N3O4S. The van der Waals surface area contributed by atoms with Crippen LogP contribution in [0.4, 0.5) is 11.4 Å². The van der Waals surface area contributed by atoms with Gasteiger partial charge in [0.15, 0.2) is 0 Å². The molecule has 0 unspecified atom stereocenters. The lowest BCUT2D eigenvalue weighted by Gasteiger charge is -2.13. The van der Waals surface area contributed by atoms with Crippen LogP contribution in [0.3, 0.4) is 0 Å². The first kappa shape index (κ1) is 15.3. The van der Waals surface area contributed by atoms with Gasteiger partial charge in [-0.1, -0.05) is 0 Å². The van der Waals surface area contributed by atoms with Crippen LogP contribution in [0, 0.1) is 0 Å². The van der Waals surface area contributed by atoms with Crippen LogP contribution >= 0.6 is 0 Å². The Morgan fingerprint density at radius 1 is 1.42 bits per heavy atom. The smallest absolute Gasteiger partial charge is 0.337 e. The highest BCUT2D eigenvalue weighted by Gasteiger charge is 2.14. The minimum Gasteiger partial charge on any atom is -0.478 e. The molecule has 0 heterocycles. The molecule has 0 spiro atoms. The molecule has 0 aliphatic carbocycles. The van der Waals surface area contributed by atoms with Gasteiger partial charge in [0.1, 0.15) is 0 Å². The fraction of sp³-hybridized carbons (Fsp3) is 0.364. The highest BCUT2D eigenvalue weighted by atomic mass is 32.2. The lowest BCUT2D eigenvalue weighted by atomic mass is 10.1. The molecule has 0 aliphatic heterocycles. The zero-order chi connectivity index (χ0) is 14.6. The van der Waals surface area contributed by atoms with Crippen LogP contribution in [-0.2, 0) is 10.0 Å². The molecule has 0 fully saturated rings. The average molecular weight is 287 g/mol. The van der Waals surface area contributed by atoms with Gasteiger partial charge in [-0.15, -0.1) is 0 Å². The van der Waals surface area contributed by atoms with Gasteiger partial charge in [-0.2, -0.15) is 0 Å². The van der Waals surface area contributed by atoms with Crippen LogP contribution in [0.1, 0.15) is 10.4 Å². The van der Waals surface area contributed by atoms with Crippen LogP contribution in [0.25, 0.3) is 0 Å². The Kier molecular flexibility index (Phi) is 4.73. The summed E-state index contributed by atoms with van der Waals surface area (Å²) in [7, 11) is -0.420. The van der Waals surface area contributed by atoms with Gasteiger partial charge >= 0.3 is 5.97 Å². The second-order valence-electron chi connectivity index (χ2n) is 4.14. The Morgan fingerprint density at radius 3 is 2.58 bits per heavy atom. The van der Waals surface area contributed by atoms with Crippen LogP contribution in [0.15, 0.2) is 18.2 Å². The summed E-state index contributed by atoms with van der Waals surface area (Å²) in [6.07, 6.45) is 0. The number of nitrogens with zero attached hydrogens (tertiary/aromatic N) is 1. The van der Waals surface area contributed by atoms with Crippen molar-refractivity contribution in [2.45, 2.75) is 0 Å². The molecule has 0 aromatic heterocycles.